The van der Waals surface area contributed by atoms with Gasteiger partial charge in [-0.25, -0.2) is 9.59 Å². The lowest BCUT2D eigenvalue weighted by Crippen LogP contribution is -2.10. The Morgan fingerprint density at radius 3 is 2.42 bits per heavy atom. The minimum atomic E-state index is -0.696. The second-order valence-electron chi connectivity index (χ2n) is 1.57. The first kappa shape index (κ1) is 10.4. The van der Waals surface area contributed by atoms with Crippen LogP contribution in [0.4, 0.5) is 0 Å². The van der Waals surface area contributed by atoms with E-state index in [0.717, 1.165) is 18.4 Å². The summed E-state index contributed by atoms with van der Waals surface area (Å²) < 4.78 is 8.56. The third-order valence-corrected chi connectivity index (χ3v) is 0.781. The summed E-state index contributed by atoms with van der Waals surface area (Å²) in [6, 6.07) is 0. The molecule has 0 fully saturated rings. The van der Waals surface area contributed by atoms with Gasteiger partial charge in [0.2, 0.25) is 0 Å². The van der Waals surface area contributed by atoms with E-state index < -0.39 is 11.9 Å². The molecule has 0 spiro atoms. The lowest BCUT2D eigenvalue weighted by Gasteiger charge is -1.93. The van der Waals surface area contributed by atoms with E-state index in [-0.39, 0.29) is 6.73 Å². The average molecular weight is 171 g/mol. The van der Waals surface area contributed by atoms with Crippen LogP contribution in [0.3, 0.4) is 0 Å². The number of hydrogen-bond donors (Lipinski definition) is 1. The van der Waals surface area contributed by atoms with E-state index in [9.17, 15) is 9.59 Å². The van der Waals surface area contributed by atoms with Crippen LogP contribution < -0.4 is 5.73 Å². The Kier molecular flexibility index (Phi) is 5.29. The molecule has 0 aromatic rings. The van der Waals surface area contributed by atoms with Crippen molar-refractivity contribution in [2.45, 2.75) is 0 Å². The van der Waals surface area contributed by atoms with Gasteiger partial charge in [0.05, 0.1) is 6.26 Å². The summed E-state index contributed by atoms with van der Waals surface area (Å²) in [5.41, 5.74) is 4.89. The summed E-state index contributed by atoms with van der Waals surface area (Å²) in [5.74, 6) is -1.39. The predicted octanol–water partition coefficient (Wildman–Crippen LogP) is -0.311. The standard InChI is InChI=1S/C7H9NO4/c1-2-11-6(9)3-4-7(10)12-5-8/h2-4H,1,5,8H2/b4-3-. The fourth-order valence-electron chi connectivity index (χ4n) is 0.388. The number of rotatable bonds is 4. The zero-order chi connectivity index (χ0) is 9.40. The summed E-state index contributed by atoms with van der Waals surface area (Å²) in [6.07, 6.45) is 2.79. The summed E-state index contributed by atoms with van der Waals surface area (Å²) in [7, 11) is 0. The van der Waals surface area contributed by atoms with Gasteiger partial charge in [0.1, 0.15) is 6.73 Å². The average Bonchev–Trinajstić information content (AvgIpc) is 2.02. The Bertz CT molecular complexity index is 209. The Morgan fingerprint density at radius 1 is 1.33 bits per heavy atom. The highest BCUT2D eigenvalue weighted by Gasteiger charge is 1.97. The molecule has 0 rings (SSSR count). The van der Waals surface area contributed by atoms with Gasteiger partial charge in [-0.15, -0.1) is 0 Å². The minimum absolute atomic E-state index is 0.223. The maximum Gasteiger partial charge on any atom is 0.335 e. The van der Waals surface area contributed by atoms with Crippen molar-refractivity contribution in [1.82, 2.24) is 0 Å². The third kappa shape index (κ3) is 5.19. The predicted molar refractivity (Wildman–Crippen MR) is 40.6 cm³/mol. The van der Waals surface area contributed by atoms with Crippen molar-refractivity contribution < 1.29 is 19.1 Å². The highest BCUT2D eigenvalue weighted by atomic mass is 16.5. The van der Waals surface area contributed by atoms with E-state index in [1.807, 2.05) is 0 Å². The molecule has 5 nitrogen and oxygen atoms in total. The molecule has 0 aliphatic rings. The summed E-state index contributed by atoms with van der Waals surface area (Å²) in [4.78, 5) is 21.1. The van der Waals surface area contributed by atoms with Crippen LogP contribution in [0.2, 0.25) is 0 Å². The van der Waals surface area contributed by atoms with Crippen LogP contribution in [-0.4, -0.2) is 18.7 Å². The van der Waals surface area contributed by atoms with Crippen molar-refractivity contribution in [1.29, 1.82) is 0 Å². The van der Waals surface area contributed by atoms with E-state index in [4.69, 9.17) is 5.73 Å². The van der Waals surface area contributed by atoms with Crippen LogP contribution in [-0.2, 0) is 19.1 Å². The van der Waals surface area contributed by atoms with Gasteiger partial charge in [-0.1, -0.05) is 6.58 Å². The molecule has 0 unspecified atom stereocenters. The monoisotopic (exact) mass is 171 g/mol. The highest BCUT2D eigenvalue weighted by molar-refractivity contribution is 5.91. The van der Waals surface area contributed by atoms with E-state index in [1.165, 1.54) is 0 Å². The Labute approximate surface area is 69.4 Å². The van der Waals surface area contributed by atoms with Crippen molar-refractivity contribution in [3.8, 4) is 0 Å². The molecule has 0 aliphatic heterocycles. The number of carbonyl (C=O) groups excluding carboxylic acids is 2. The summed E-state index contributed by atoms with van der Waals surface area (Å²) in [6.45, 7) is 2.93. The van der Waals surface area contributed by atoms with Gasteiger partial charge >= 0.3 is 11.9 Å². The van der Waals surface area contributed by atoms with Crippen molar-refractivity contribution in [2.24, 2.45) is 5.73 Å². The van der Waals surface area contributed by atoms with Crippen molar-refractivity contribution in [3.05, 3.63) is 25.0 Å². The molecule has 0 aliphatic carbocycles. The molecule has 2 N–H and O–H groups in total. The molecule has 0 saturated heterocycles. The van der Waals surface area contributed by atoms with Crippen LogP contribution in [0.5, 0.6) is 0 Å². The van der Waals surface area contributed by atoms with E-state index >= 15 is 0 Å². The molecule has 0 aromatic carbocycles. The molecule has 0 bridgehead atoms. The van der Waals surface area contributed by atoms with Crippen LogP contribution in [0.15, 0.2) is 25.0 Å². The number of nitrogens with two attached hydrogens (primary N) is 1. The summed E-state index contributed by atoms with van der Waals surface area (Å²) in [5, 5.41) is 0. The van der Waals surface area contributed by atoms with Crippen LogP contribution in [0.25, 0.3) is 0 Å². The molecule has 66 valence electrons. The highest BCUT2D eigenvalue weighted by Crippen LogP contribution is 1.83. The fraction of sp³-hybridized carbons (Fsp3) is 0.143. The Balaban J connectivity index is 3.80. The Hall–Kier alpha value is -1.62. The number of esters is 2. The number of ether oxygens (including phenoxy) is 2. The topological polar surface area (TPSA) is 78.6 Å². The maximum absolute atomic E-state index is 10.5. The fourth-order valence-corrected chi connectivity index (χ4v) is 0.388. The zero-order valence-electron chi connectivity index (χ0n) is 6.36. The first-order chi connectivity index (χ1) is 5.70. The van der Waals surface area contributed by atoms with Crippen LogP contribution in [0, 0.1) is 0 Å². The van der Waals surface area contributed by atoms with E-state index in [1.54, 1.807) is 0 Å². The van der Waals surface area contributed by atoms with Gasteiger partial charge in [0, 0.05) is 12.2 Å². The lowest BCUT2D eigenvalue weighted by atomic mass is 10.5. The quantitative estimate of drug-likeness (QED) is 0.271. The van der Waals surface area contributed by atoms with Crippen molar-refractivity contribution in [3.63, 3.8) is 0 Å². The van der Waals surface area contributed by atoms with Gasteiger partial charge in [-0.2, -0.15) is 0 Å². The van der Waals surface area contributed by atoms with Crippen molar-refractivity contribution >= 4 is 11.9 Å². The van der Waals surface area contributed by atoms with Gasteiger partial charge in [0.25, 0.3) is 0 Å². The molecule has 0 radical (unpaired) electrons. The molecule has 5 heteroatoms. The molecule has 0 atom stereocenters. The number of hydrogen-bond acceptors (Lipinski definition) is 5. The van der Waals surface area contributed by atoms with Crippen LogP contribution in [0.1, 0.15) is 0 Å². The van der Waals surface area contributed by atoms with Crippen LogP contribution >= 0.6 is 0 Å². The maximum atomic E-state index is 10.5. The third-order valence-electron chi connectivity index (χ3n) is 0.781. The molecule has 0 aromatic heterocycles. The molecular formula is C7H9NO4. The second-order valence-corrected chi connectivity index (χ2v) is 1.57. The smallest absolute Gasteiger partial charge is 0.335 e. The number of carbonyl (C=O) groups is 2. The van der Waals surface area contributed by atoms with Gasteiger partial charge in [-0.3, -0.25) is 5.73 Å². The molecule has 0 saturated carbocycles. The minimum Gasteiger partial charge on any atom is -0.447 e. The first-order valence-corrected chi connectivity index (χ1v) is 3.07. The van der Waals surface area contributed by atoms with Gasteiger partial charge in [-0.05, 0) is 0 Å². The van der Waals surface area contributed by atoms with Gasteiger partial charge in [0.15, 0.2) is 0 Å². The van der Waals surface area contributed by atoms with E-state index in [2.05, 4.69) is 16.1 Å². The largest absolute Gasteiger partial charge is 0.447 e. The van der Waals surface area contributed by atoms with E-state index in [0.29, 0.717) is 0 Å². The molecular weight excluding hydrogens is 162 g/mol. The summed E-state index contributed by atoms with van der Waals surface area (Å²) >= 11 is 0. The van der Waals surface area contributed by atoms with Gasteiger partial charge < -0.3 is 9.47 Å². The zero-order valence-corrected chi connectivity index (χ0v) is 6.36. The molecule has 12 heavy (non-hydrogen) atoms. The lowest BCUT2D eigenvalue weighted by molar-refractivity contribution is -0.138. The van der Waals surface area contributed by atoms with Crippen molar-refractivity contribution in [2.75, 3.05) is 6.73 Å². The SMILES string of the molecule is C=COC(=O)/C=C\C(=O)OCN. The first-order valence-electron chi connectivity index (χ1n) is 3.07. The normalized spacial score (nSPS) is 9.42. The molecule has 0 amide bonds. The Morgan fingerprint density at radius 2 is 1.92 bits per heavy atom. The second kappa shape index (κ2) is 6.11. The molecule has 0 heterocycles.